The van der Waals surface area contributed by atoms with E-state index >= 15 is 0 Å². The third-order valence-corrected chi connectivity index (χ3v) is 4.83. The molecule has 0 aliphatic carbocycles. The summed E-state index contributed by atoms with van der Waals surface area (Å²) in [6, 6.07) is 8.26. The van der Waals surface area contributed by atoms with E-state index in [1.165, 1.54) is 0 Å². The monoisotopic (exact) mass is 413 g/mol. The van der Waals surface area contributed by atoms with E-state index in [1.807, 2.05) is 6.92 Å². The van der Waals surface area contributed by atoms with Crippen molar-refractivity contribution in [1.29, 1.82) is 0 Å². The number of halogens is 2. The molecule has 0 heterocycles. The zero-order chi connectivity index (χ0) is 15.4. The van der Waals surface area contributed by atoms with Crippen LogP contribution >= 0.6 is 31.9 Å². The van der Waals surface area contributed by atoms with Crippen LogP contribution in [0.3, 0.4) is 0 Å². The first-order chi connectivity index (χ1) is 10.0. The maximum Gasteiger partial charge on any atom is 0.173 e. The maximum atomic E-state index is 9.98. The number of phenolic OH excluding ortho intramolecular Hbond substituents is 2. The zero-order valence-electron chi connectivity index (χ0n) is 11.2. The lowest BCUT2D eigenvalue weighted by Gasteiger charge is -2.10. The van der Waals surface area contributed by atoms with Crippen LogP contribution in [0.5, 0.6) is 17.2 Å². The molecule has 0 aromatic heterocycles. The highest BCUT2D eigenvalue weighted by molar-refractivity contribution is 9.13. The van der Waals surface area contributed by atoms with Crippen LogP contribution in [0.25, 0.3) is 0 Å². The Bertz CT molecular complexity index is 670. The molecular formula is C15H13Br2NO3. The van der Waals surface area contributed by atoms with Gasteiger partial charge in [0.1, 0.15) is 5.75 Å². The molecule has 4 nitrogen and oxygen atoms in total. The molecule has 0 radical (unpaired) electrons. The molecule has 0 amide bonds. The smallest absolute Gasteiger partial charge is 0.173 e. The first-order valence-electron chi connectivity index (χ1n) is 6.19. The highest BCUT2D eigenvalue weighted by Crippen LogP contribution is 2.41. The fourth-order valence-corrected chi connectivity index (χ4v) is 2.48. The van der Waals surface area contributed by atoms with Crippen LogP contribution in [0, 0.1) is 0 Å². The first kappa shape index (κ1) is 15.9. The van der Waals surface area contributed by atoms with Gasteiger partial charge in [0.05, 0.1) is 16.8 Å². The van der Waals surface area contributed by atoms with Gasteiger partial charge in [0.25, 0.3) is 0 Å². The van der Waals surface area contributed by atoms with E-state index in [0.717, 1.165) is 5.56 Å². The van der Waals surface area contributed by atoms with Crippen molar-refractivity contribution in [2.75, 3.05) is 6.61 Å². The van der Waals surface area contributed by atoms with Gasteiger partial charge in [-0.2, -0.15) is 0 Å². The third kappa shape index (κ3) is 3.77. The van der Waals surface area contributed by atoms with Crippen LogP contribution in [-0.2, 0) is 0 Å². The van der Waals surface area contributed by atoms with E-state index in [0.29, 0.717) is 27.0 Å². The van der Waals surface area contributed by atoms with Crippen molar-refractivity contribution in [1.82, 2.24) is 0 Å². The van der Waals surface area contributed by atoms with Crippen molar-refractivity contribution in [2.45, 2.75) is 6.92 Å². The lowest BCUT2D eigenvalue weighted by atomic mass is 10.2. The van der Waals surface area contributed by atoms with Gasteiger partial charge in [0, 0.05) is 16.3 Å². The van der Waals surface area contributed by atoms with Gasteiger partial charge in [-0.05, 0) is 69.1 Å². The second-order valence-electron chi connectivity index (χ2n) is 4.15. The van der Waals surface area contributed by atoms with Gasteiger partial charge in [-0.1, -0.05) is 0 Å². The van der Waals surface area contributed by atoms with Crippen LogP contribution < -0.4 is 4.74 Å². The summed E-state index contributed by atoms with van der Waals surface area (Å²) in [6.45, 7) is 2.30. The molecular weight excluding hydrogens is 402 g/mol. The summed E-state index contributed by atoms with van der Waals surface area (Å²) in [5.41, 5.74) is 1.47. The molecule has 21 heavy (non-hydrogen) atoms. The zero-order valence-corrected chi connectivity index (χ0v) is 14.3. The van der Waals surface area contributed by atoms with Crippen molar-refractivity contribution < 1.29 is 14.9 Å². The highest BCUT2D eigenvalue weighted by atomic mass is 79.9. The first-order valence-corrected chi connectivity index (χ1v) is 7.78. The Balaban J connectivity index is 2.37. The Morgan fingerprint density at radius 3 is 2.43 bits per heavy atom. The molecule has 0 unspecified atom stereocenters. The summed E-state index contributed by atoms with van der Waals surface area (Å²) in [5.74, 6) is 0.631. The Morgan fingerprint density at radius 1 is 1.14 bits per heavy atom. The topological polar surface area (TPSA) is 62.0 Å². The summed E-state index contributed by atoms with van der Waals surface area (Å²) >= 11 is 6.72. The molecule has 0 spiro atoms. The standard InChI is InChI=1S/C15H13Br2NO3/c1-2-21-12-7-9(13(16)14(17)15(12)20)8-18-10-3-5-11(19)6-4-10/h3-8,19-20H,2H2,1H3. The van der Waals surface area contributed by atoms with Crippen LogP contribution in [0.1, 0.15) is 12.5 Å². The summed E-state index contributed by atoms with van der Waals surface area (Å²) in [5, 5.41) is 19.2. The number of aromatic hydroxyl groups is 2. The number of rotatable bonds is 4. The Hall–Kier alpha value is -1.53. The largest absolute Gasteiger partial charge is 0.508 e. The highest BCUT2D eigenvalue weighted by Gasteiger charge is 2.14. The number of aliphatic imine (C=N–C) groups is 1. The number of hydrogen-bond acceptors (Lipinski definition) is 4. The average molecular weight is 415 g/mol. The van der Waals surface area contributed by atoms with Gasteiger partial charge >= 0.3 is 0 Å². The third-order valence-electron chi connectivity index (χ3n) is 2.68. The summed E-state index contributed by atoms with van der Waals surface area (Å²) in [6.07, 6.45) is 1.66. The fourth-order valence-electron chi connectivity index (χ4n) is 1.65. The molecule has 2 N–H and O–H groups in total. The summed E-state index contributed by atoms with van der Waals surface area (Å²) < 4.78 is 6.59. The van der Waals surface area contributed by atoms with Crippen molar-refractivity contribution in [3.8, 4) is 17.2 Å². The molecule has 110 valence electrons. The molecule has 0 saturated carbocycles. The van der Waals surface area contributed by atoms with Crippen molar-refractivity contribution in [3.05, 3.63) is 44.8 Å². The van der Waals surface area contributed by atoms with E-state index in [1.54, 1.807) is 36.5 Å². The molecule has 2 aromatic rings. The van der Waals surface area contributed by atoms with E-state index in [2.05, 4.69) is 36.9 Å². The number of ether oxygens (including phenoxy) is 1. The van der Waals surface area contributed by atoms with E-state index in [9.17, 15) is 10.2 Å². The van der Waals surface area contributed by atoms with Gasteiger partial charge < -0.3 is 14.9 Å². The molecule has 6 heteroatoms. The second kappa shape index (κ2) is 6.95. The number of benzene rings is 2. The SMILES string of the molecule is CCOc1cc(C=Nc2ccc(O)cc2)c(Br)c(Br)c1O. The predicted molar refractivity (Wildman–Crippen MR) is 90.0 cm³/mol. The van der Waals surface area contributed by atoms with Gasteiger partial charge in [0.2, 0.25) is 0 Å². The van der Waals surface area contributed by atoms with Crippen LogP contribution in [0.2, 0.25) is 0 Å². The Labute approximate surface area is 139 Å². The molecule has 0 aliphatic rings. The minimum Gasteiger partial charge on any atom is -0.508 e. The molecule has 0 fully saturated rings. The van der Waals surface area contributed by atoms with Gasteiger partial charge in [-0.15, -0.1) is 0 Å². The Morgan fingerprint density at radius 2 is 1.81 bits per heavy atom. The lowest BCUT2D eigenvalue weighted by molar-refractivity contribution is 0.317. The van der Waals surface area contributed by atoms with E-state index in [-0.39, 0.29) is 11.5 Å². The average Bonchev–Trinajstić information content (AvgIpc) is 2.48. The molecule has 0 aliphatic heterocycles. The minimum atomic E-state index is 0.0468. The summed E-state index contributed by atoms with van der Waals surface area (Å²) in [7, 11) is 0. The quantitative estimate of drug-likeness (QED) is 0.708. The van der Waals surface area contributed by atoms with E-state index in [4.69, 9.17) is 4.74 Å². The summed E-state index contributed by atoms with van der Waals surface area (Å²) in [4.78, 5) is 4.33. The van der Waals surface area contributed by atoms with Crippen LogP contribution in [0.15, 0.2) is 44.3 Å². The lowest BCUT2D eigenvalue weighted by Crippen LogP contribution is -1.95. The Kier molecular flexibility index (Phi) is 5.25. The molecule has 0 saturated heterocycles. The molecule has 0 atom stereocenters. The molecule has 0 bridgehead atoms. The second-order valence-corrected chi connectivity index (χ2v) is 5.73. The molecule has 2 rings (SSSR count). The predicted octanol–water partition coefficient (Wildman–Crippen LogP) is 4.77. The van der Waals surface area contributed by atoms with Crippen molar-refractivity contribution >= 4 is 43.8 Å². The maximum absolute atomic E-state index is 9.98. The van der Waals surface area contributed by atoms with Gasteiger partial charge in [-0.25, -0.2) is 0 Å². The van der Waals surface area contributed by atoms with Crippen molar-refractivity contribution in [2.24, 2.45) is 4.99 Å². The van der Waals surface area contributed by atoms with Crippen LogP contribution in [0.4, 0.5) is 5.69 Å². The number of phenols is 2. The van der Waals surface area contributed by atoms with Crippen LogP contribution in [-0.4, -0.2) is 23.0 Å². The minimum absolute atomic E-state index is 0.0468. The number of nitrogens with zero attached hydrogens (tertiary/aromatic N) is 1. The number of hydrogen-bond donors (Lipinski definition) is 2. The normalized spacial score (nSPS) is 11.0. The van der Waals surface area contributed by atoms with E-state index < -0.39 is 0 Å². The van der Waals surface area contributed by atoms with Crippen molar-refractivity contribution in [3.63, 3.8) is 0 Å². The van der Waals surface area contributed by atoms with Gasteiger partial charge in [-0.3, -0.25) is 4.99 Å². The fraction of sp³-hybridized carbons (Fsp3) is 0.133. The molecule has 2 aromatic carbocycles. The van der Waals surface area contributed by atoms with Gasteiger partial charge in [0.15, 0.2) is 11.5 Å².